The third-order valence-electron chi connectivity index (χ3n) is 2.02. The number of nitrogens with zero attached hydrogens (tertiary/aromatic N) is 3. The average molecular weight is 216 g/mol. The number of hydrogen-bond acceptors (Lipinski definition) is 6. The van der Waals surface area contributed by atoms with Gasteiger partial charge >= 0.3 is 0 Å². The minimum atomic E-state index is 0.181. The molecule has 5 nitrogen and oxygen atoms in total. The maximum absolute atomic E-state index is 8.83. The predicted molar refractivity (Wildman–Crippen MR) is 57.5 cm³/mol. The molecule has 1 rings (SSSR count). The second-order valence-corrected chi connectivity index (χ2v) is 3.65. The summed E-state index contributed by atoms with van der Waals surface area (Å²) >= 11 is 1.36. The van der Waals surface area contributed by atoms with Crippen molar-refractivity contribution in [2.45, 2.75) is 13.5 Å². The molecule has 0 saturated heterocycles. The highest BCUT2D eigenvalue weighted by atomic mass is 32.1. The Balaban J connectivity index is 2.56. The van der Waals surface area contributed by atoms with Crippen LogP contribution in [0.25, 0.3) is 0 Å². The molecule has 6 heteroatoms. The molecule has 0 aliphatic heterocycles. The van der Waals surface area contributed by atoms with Gasteiger partial charge in [-0.3, -0.25) is 4.90 Å². The second-order valence-electron chi connectivity index (χ2n) is 2.89. The molecule has 1 aromatic rings. The van der Waals surface area contributed by atoms with E-state index in [0.29, 0.717) is 6.54 Å². The van der Waals surface area contributed by atoms with E-state index in [4.69, 9.17) is 5.11 Å². The number of aliphatic hydroxyl groups excluding tert-OH is 1. The van der Waals surface area contributed by atoms with Crippen molar-refractivity contribution in [3.8, 4) is 0 Å². The van der Waals surface area contributed by atoms with Crippen molar-refractivity contribution >= 4 is 16.5 Å². The Hall–Kier alpha value is -0.720. The van der Waals surface area contributed by atoms with E-state index in [2.05, 4.69) is 26.7 Å². The number of aliphatic hydroxyl groups is 1. The SMILES string of the molecule is CCN(CCO)Cc1nnsc1NC. The van der Waals surface area contributed by atoms with Crippen molar-refractivity contribution in [3.05, 3.63) is 5.69 Å². The van der Waals surface area contributed by atoms with Crippen molar-refractivity contribution in [2.24, 2.45) is 0 Å². The molecule has 0 amide bonds. The maximum atomic E-state index is 8.83. The van der Waals surface area contributed by atoms with Crippen LogP contribution in [-0.2, 0) is 6.54 Å². The molecule has 0 saturated carbocycles. The molecule has 0 spiro atoms. The summed E-state index contributed by atoms with van der Waals surface area (Å²) in [6.07, 6.45) is 0. The van der Waals surface area contributed by atoms with Gasteiger partial charge in [0.25, 0.3) is 0 Å². The molecule has 1 heterocycles. The van der Waals surface area contributed by atoms with E-state index < -0.39 is 0 Å². The highest BCUT2D eigenvalue weighted by Crippen LogP contribution is 2.17. The van der Waals surface area contributed by atoms with Crippen LogP contribution in [0.2, 0.25) is 0 Å². The van der Waals surface area contributed by atoms with Crippen molar-refractivity contribution in [1.82, 2.24) is 14.5 Å². The lowest BCUT2D eigenvalue weighted by atomic mass is 10.4. The van der Waals surface area contributed by atoms with Gasteiger partial charge in [0.1, 0.15) is 10.7 Å². The van der Waals surface area contributed by atoms with Crippen LogP contribution in [0.3, 0.4) is 0 Å². The quantitative estimate of drug-likeness (QED) is 0.720. The first-order chi connectivity index (χ1) is 6.81. The summed E-state index contributed by atoms with van der Waals surface area (Å²) in [5.74, 6) is 0. The molecule has 0 radical (unpaired) electrons. The van der Waals surface area contributed by atoms with Crippen LogP contribution in [0.15, 0.2) is 0 Å². The monoisotopic (exact) mass is 216 g/mol. The Bertz CT molecular complexity index is 266. The highest BCUT2D eigenvalue weighted by molar-refractivity contribution is 7.10. The maximum Gasteiger partial charge on any atom is 0.134 e. The van der Waals surface area contributed by atoms with Gasteiger partial charge in [0, 0.05) is 31.7 Å². The van der Waals surface area contributed by atoms with Crippen molar-refractivity contribution in [2.75, 3.05) is 32.1 Å². The molecule has 1 aromatic heterocycles. The van der Waals surface area contributed by atoms with Gasteiger partial charge in [0.05, 0.1) is 6.61 Å². The van der Waals surface area contributed by atoms with E-state index in [1.54, 1.807) is 0 Å². The van der Waals surface area contributed by atoms with Crippen LogP contribution in [0.4, 0.5) is 5.00 Å². The lowest BCUT2D eigenvalue weighted by Crippen LogP contribution is -2.26. The molecule has 14 heavy (non-hydrogen) atoms. The van der Waals surface area contributed by atoms with Gasteiger partial charge in [-0.2, -0.15) is 0 Å². The van der Waals surface area contributed by atoms with Crippen LogP contribution in [-0.4, -0.2) is 46.3 Å². The summed E-state index contributed by atoms with van der Waals surface area (Å²) in [5.41, 5.74) is 0.952. The first-order valence-electron chi connectivity index (χ1n) is 4.64. The minimum absolute atomic E-state index is 0.181. The van der Waals surface area contributed by atoms with Crippen LogP contribution >= 0.6 is 11.5 Å². The summed E-state index contributed by atoms with van der Waals surface area (Å²) < 4.78 is 3.88. The van der Waals surface area contributed by atoms with Crippen molar-refractivity contribution < 1.29 is 5.11 Å². The highest BCUT2D eigenvalue weighted by Gasteiger charge is 2.10. The fourth-order valence-electron chi connectivity index (χ4n) is 1.20. The summed E-state index contributed by atoms with van der Waals surface area (Å²) in [7, 11) is 1.86. The zero-order valence-electron chi connectivity index (χ0n) is 8.53. The first kappa shape index (κ1) is 11.4. The molecule has 2 N–H and O–H groups in total. The second kappa shape index (κ2) is 5.90. The fourth-order valence-corrected chi connectivity index (χ4v) is 1.73. The van der Waals surface area contributed by atoms with Gasteiger partial charge < -0.3 is 10.4 Å². The summed E-state index contributed by atoms with van der Waals surface area (Å²) in [4.78, 5) is 2.12. The van der Waals surface area contributed by atoms with E-state index in [9.17, 15) is 0 Å². The lowest BCUT2D eigenvalue weighted by molar-refractivity contribution is 0.195. The number of nitrogens with one attached hydrogen (secondary N) is 1. The van der Waals surface area contributed by atoms with Crippen LogP contribution in [0.5, 0.6) is 0 Å². The smallest absolute Gasteiger partial charge is 0.134 e. The van der Waals surface area contributed by atoms with Crippen molar-refractivity contribution in [1.29, 1.82) is 0 Å². The molecule has 0 fully saturated rings. The van der Waals surface area contributed by atoms with E-state index in [-0.39, 0.29) is 6.61 Å². The Labute approximate surface area is 87.9 Å². The minimum Gasteiger partial charge on any atom is -0.395 e. The Morgan fingerprint density at radius 2 is 2.36 bits per heavy atom. The van der Waals surface area contributed by atoms with Gasteiger partial charge in [-0.05, 0) is 6.54 Å². The molecule has 0 aromatic carbocycles. The van der Waals surface area contributed by atoms with E-state index >= 15 is 0 Å². The van der Waals surface area contributed by atoms with Crippen LogP contribution < -0.4 is 5.32 Å². The molecule has 0 atom stereocenters. The molecular weight excluding hydrogens is 200 g/mol. The van der Waals surface area contributed by atoms with Crippen molar-refractivity contribution in [3.63, 3.8) is 0 Å². The summed E-state index contributed by atoms with van der Waals surface area (Å²) in [6.45, 7) is 4.57. The summed E-state index contributed by atoms with van der Waals surface area (Å²) in [5, 5.41) is 16.9. The molecule has 0 unspecified atom stereocenters. The number of hydrogen-bond donors (Lipinski definition) is 2. The topological polar surface area (TPSA) is 61.3 Å². The summed E-state index contributed by atoms with van der Waals surface area (Å²) in [6, 6.07) is 0. The fraction of sp³-hybridized carbons (Fsp3) is 0.750. The molecular formula is C8H16N4OS. The predicted octanol–water partition coefficient (Wildman–Crippen LogP) is 0.394. The van der Waals surface area contributed by atoms with Gasteiger partial charge in [-0.25, -0.2) is 0 Å². The van der Waals surface area contributed by atoms with E-state index in [1.807, 2.05) is 7.05 Å². The zero-order valence-corrected chi connectivity index (χ0v) is 9.34. The number of aromatic nitrogens is 2. The van der Waals surface area contributed by atoms with E-state index in [0.717, 1.165) is 23.8 Å². The molecule has 80 valence electrons. The largest absolute Gasteiger partial charge is 0.395 e. The molecule has 0 aliphatic rings. The number of likely N-dealkylation sites (N-methyl/N-ethyl adjacent to an activating group) is 1. The average Bonchev–Trinajstić information content (AvgIpc) is 2.64. The number of rotatable bonds is 6. The lowest BCUT2D eigenvalue weighted by Gasteiger charge is -2.17. The third-order valence-corrected chi connectivity index (χ3v) is 2.81. The van der Waals surface area contributed by atoms with Crippen LogP contribution in [0, 0.1) is 0 Å². The van der Waals surface area contributed by atoms with E-state index in [1.165, 1.54) is 11.5 Å². The van der Waals surface area contributed by atoms with Gasteiger partial charge in [-0.15, -0.1) is 5.10 Å². The molecule has 0 aliphatic carbocycles. The first-order valence-corrected chi connectivity index (χ1v) is 5.41. The number of anilines is 1. The Morgan fingerprint density at radius 3 is 2.93 bits per heavy atom. The third kappa shape index (κ3) is 2.90. The Morgan fingerprint density at radius 1 is 1.57 bits per heavy atom. The van der Waals surface area contributed by atoms with Gasteiger partial charge in [0.2, 0.25) is 0 Å². The normalized spacial score (nSPS) is 10.9. The standard InChI is InChI=1S/C8H16N4OS/c1-3-12(4-5-13)6-7-8(9-2)14-11-10-7/h9,13H,3-6H2,1-2H3. The van der Waals surface area contributed by atoms with Crippen LogP contribution in [0.1, 0.15) is 12.6 Å². The van der Waals surface area contributed by atoms with Gasteiger partial charge in [0.15, 0.2) is 0 Å². The van der Waals surface area contributed by atoms with Gasteiger partial charge in [-0.1, -0.05) is 11.4 Å². The zero-order chi connectivity index (χ0) is 10.4. The Kier molecular flexibility index (Phi) is 4.78. The molecule has 0 bridgehead atoms.